The lowest BCUT2D eigenvalue weighted by Gasteiger charge is -2.30. The van der Waals surface area contributed by atoms with Crippen LogP contribution in [0.25, 0.3) is 0 Å². The molecule has 44 heavy (non-hydrogen) atoms. The number of carboxylic acids is 1. The van der Waals surface area contributed by atoms with Gasteiger partial charge in [0.15, 0.2) is 10.8 Å². The number of rotatable bonds is 7. The first kappa shape index (κ1) is 35.2. The zero-order valence-electron chi connectivity index (χ0n) is 24.4. The molecule has 3 aliphatic rings. The number of hydrogen-bond acceptors (Lipinski definition) is 8. The molecule has 17 heteroatoms. The van der Waals surface area contributed by atoms with Crippen molar-refractivity contribution in [3.05, 3.63) is 24.4 Å². The molecule has 2 saturated heterocycles. The molecule has 2 aliphatic heterocycles. The quantitative estimate of drug-likeness (QED) is 0.341. The number of urea groups is 1. The number of ketones is 1. The molecule has 1 saturated carbocycles. The number of carbonyl (C=O) groups excluding carboxylic acids is 3. The molecule has 3 atom stereocenters. The van der Waals surface area contributed by atoms with Crippen LogP contribution in [0.2, 0.25) is 0 Å². The minimum absolute atomic E-state index is 0.107. The molecule has 246 valence electrons. The van der Waals surface area contributed by atoms with Crippen molar-refractivity contribution >= 4 is 33.7 Å². The van der Waals surface area contributed by atoms with E-state index < -0.39 is 40.3 Å². The van der Waals surface area contributed by atoms with Crippen LogP contribution in [-0.2, 0) is 24.4 Å². The second-order valence-electron chi connectivity index (χ2n) is 11.1. The highest BCUT2D eigenvalue weighted by atomic mass is 32.2. The Balaban J connectivity index is 0.000000676. The summed E-state index contributed by atoms with van der Waals surface area (Å²) in [5, 5.41) is 16.0. The average molecular weight is 649 g/mol. The van der Waals surface area contributed by atoms with Crippen molar-refractivity contribution in [3.8, 4) is 0 Å². The highest BCUT2D eigenvalue weighted by molar-refractivity contribution is 7.89. The molecule has 1 aromatic rings. The van der Waals surface area contributed by atoms with Crippen molar-refractivity contribution in [1.82, 2.24) is 30.1 Å². The van der Waals surface area contributed by atoms with Gasteiger partial charge in [0.2, 0.25) is 5.91 Å². The first-order chi connectivity index (χ1) is 20.7. The number of halogens is 3. The third-order valence-electron chi connectivity index (χ3n) is 7.90. The van der Waals surface area contributed by atoms with Crippen molar-refractivity contribution in [1.29, 1.82) is 0 Å². The van der Waals surface area contributed by atoms with E-state index in [0.717, 1.165) is 25.7 Å². The molecule has 1 aliphatic carbocycles. The van der Waals surface area contributed by atoms with E-state index in [4.69, 9.17) is 9.90 Å². The number of piperazine rings is 1. The summed E-state index contributed by atoms with van der Waals surface area (Å²) in [6.07, 6.45) is 1.85. The molecule has 4 N–H and O–H groups in total. The summed E-state index contributed by atoms with van der Waals surface area (Å²) in [7, 11) is -3.96. The Morgan fingerprint density at radius 1 is 1.11 bits per heavy atom. The summed E-state index contributed by atoms with van der Waals surface area (Å²) in [6, 6.07) is 2.36. The number of nitrogens with zero attached hydrogens (tertiary/aromatic N) is 3. The summed E-state index contributed by atoms with van der Waals surface area (Å²) < 4.78 is 59.2. The van der Waals surface area contributed by atoms with E-state index in [9.17, 15) is 36.0 Å². The van der Waals surface area contributed by atoms with Crippen LogP contribution < -0.4 is 16.0 Å². The van der Waals surface area contributed by atoms with Gasteiger partial charge < -0.3 is 26.0 Å². The first-order valence-corrected chi connectivity index (χ1v) is 16.0. The van der Waals surface area contributed by atoms with E-state index in [2.05, 4.69) is 20.9 Å². The Hall–Kier alpha value is -3.31. The Labute approximate surface area is 254 Å². The van der Waals surface area contributed by atoms with Gasteiger partial charge >= 0.3 is 18.2 Å². The highest BCUT2D eigenvalue weighted by Gasteiger charge is 2.39. The molecule has 0 spiro atoms. The number of carbonyl (C=O) groups is 4. The topological polar surface area (TPSA) is 178 Å². The van der Waals surface area contributed by atoms with E-state index >= 15 is 0 Å². The maximum atomic E-state index is 13.4. The maximum Gasteiger partial charge on any atom is 0.490 e. The molecular weight excluding hydrogens is 609 g/mol. The zero-order valence-corrected chi connectivity index (χ0v) is 25.2. The fraction of sp³-hybridized carbons (Fsp3) is 0.667. The molecule has 0 radical (unpaired) electrons. The number of alkyl halides is 3. The Bertz CT molecular complexity index is 1260. The predicted octanol–water partition coefficient (Wildman–Crippen LogP) is 1.51. The number of pyridine rings is 1. The summed E-state index contributed by atoms with van der Waals surface area (Å²) in [5.41, 5.74) is 0. The molecule has 13 nitrogen and oxygen atoms in total. The lowest BCUT2D eigenvalue weighted by molar-refractivity contribution is -0.192. The average Bonchev–Trinajstić information content (AvgIpc) is 3.46. The first-order valence-electron chi connectivity index (χ1n) is 14.5. The molecule has 1 aromatic heterocycles. The summed E-state index contributed by atoms with van der Waals surface area (Å²) in [4.78, 5) is 54.0. The standard InChI is InChI=1S/C25H38N6O5S.C2HF3O2/c1-18-9-10-20(22(32)17-31(18)37(35,36)23-8-4-5-11-27-23)28-24(33)21(16-19-6-2-3-7-19)29-25(34)30-14-12-26-13-15-30;3-2(4,5)1(6)7/h4-5,8,11,18-21,26H,2-3,6-7,9-10,12-17H2,1H3,(H,28,33)(H,29,34);(H,6,7)/t18-,20+,21+;/m1./s1. The minimum Gasteiger partial charge on any atom is -0.475 e. The monoisotopic (exact) mass is 648 g/mol. The van der Waals surface area contributed by atoms with Crippen LogP contribution in [0, 0.1) is 5.92 Å². The highest BCUT2D eigenvalue weighted by Crippen LogP contribution is 2.29. The van der Waals surface area contributed by atoms with Crippen LogP contribution in [0.4, 0.5) is 18.0 Å². The largest absolute Gasteiger partial charge is 0.490 e. The molecule has 4 rings (SSSR count). The normalized spacial score (nSPS) is 22.7. The number of nitrogens with one attached hydrogen (secondary N) is 3. The Morgan fingerprint density at radius 3 is 2.32 bits per heavy atom. The van der Waals surface area contributed by atoms with Gasteiger partial charge in [0, 0.05) is 38.4 Å². The van der Waals surface area contributed by atoms with Gasteiger partial charge in [-0.1, -0.05) is 31.7 Å². The van der Waals surface area contributed by atoms with Crippen LogP contribution in [0.5, 0.6) is 0 Å². The summed E-state index contributed by atoms with van der Waals surface area (Å²) in [5.74, 6) is -3.16. The van der Waals surface area contributed by atoms with Crippen molar-refractivity contribution in [3.63, 3.8) is 0 Å². The Kier molecular flexibility index (Phi) is 12.5. The lowest BCUT2D eigenvalue weighted by atomic mass is 9.97. The van der Waals surface area contributed by atoms with E-state index in [1.54, 1.807) is 24.0 Å². The summed E-state index contributed by atoms with van der Waals surface area (Å²) >= 11 is 0. The number of carboxylic acid groups (broad SMARTS) is 1. The minimum atomic E-state index is -5.08. The third-order valence-corrected chi connectivity index (χ3v) is 9.77. The number of hydrogen-bond donors (Lipinski definition) is 4. The third kappa shape index (κ3) is 9.85. The Morgan fingerprint density at radius 2 is 1.75 bits per heavy atom. The fourth-order valence-corrected chi connectivity index (χ4v) is 6.98. The van der Waals surface area contributed by atoms with Crippen LogP contribution in [0.1, 0.15) is 51.9 Å². The SMILES string of the molecule is C[C@@H]1CC[C@H](NC(=O)[C@H](CC2CCCC2)NC(=O)N2CCNCC2)C(=O)CN1S(=O)(=O)c1ccccn1.O=C(O)C(F)(F)F. The number of amides is 3. The van der Waals surface area contributed by atoms with E-state index in [1.807, 2.05) is 0 Å². The van der Waals surface area contributed by atoms with Crippen LogP contribution in [0.15, 0.2) is 29.4 Å². The van der Waals surface area contributed by atoms with Crippen LogP contribution in [0.3, 0.4) is 0 Å². The number of aromatic nitrogens is 1. The lowest BCUT2D eigenvalue weighted by Crippen LogP contribution is -2.57. The number of aliphatic carboxylic acids is 1. The van der Waals surface area contributed by atoms with Gasteiger partial charge in [-0.15, -0.1) is 0 Å². The van der Waals surface area contributed by atoms with Crippen molar-refractivity contribution in [2.45, 2.75) is 81.2 Å². The van der Waals surface area contributed by atoms with Crippen molar-refractivity contribution < 1.29 is 45.9 Å². The second kappa shape index (κ2) is 15.6. The molecule has 3 amide bonds. The molecular formula is C27H39F3N6O7S. The second-order valence-corrected chi connectivity index (χ2v) is 12.9. The molecule has 0 unspecified atom stereocenters. The molecule has 3 heterocycles. The molecule has 0 bridgehead atoms. The van der Waals surface area contributed by atoms with Crippen LogP contribution in [-0.4, -0.2) is 108 Å². The molecule has 3 fully saturated rings. The van der Waals surface area contributed by atoms with E-state index in [-0.39, 0.29) is 29.3 Å². The fourth-order valence-electron chi connectivity index (χ4n) is 5.42. The molecule has 0 aromatic carbocycles. The smallest absolute Gasteiger partial charge is 0.475 e. The van der Waals surface area contributed by atoms with Gasteiger partial charge in [-0.2, -0.15) is 17.5 Å². The van der Waals surface area contributed by atoms with Crippen LogP contribution >= 0.6 is 0 Å². The van der Waals surface area contributed by atoms with Gasteiger partial charge in [-0.3, -0.25) is 9.59 Å². The summed E-state index contributed by atoms with van der Waals surface area (Å²) in [6.45, 7) is 3.98. The number of sulfonamides is 1. The number of Topliss-reactive ketones (excluding diaryl/α,β-unsaturated/α-hetero) is 1. The van der Waals surface area contributed by atoms with Gasteiger partial charge in [-0.05, 0) is 44.2 Å². The van der Waals surface area contributed by atoms with E-state index in [0.29, 0.717) is 51.4 Å². The zero-order chi connectivity index (χ0) is 32.5. The van der Waals surface area contributed by atoms with Gasteiger partial charge in [0.05, 0.1) is 12.6 Å². The van der Waals surface area contributed by atoms with Crippen molar-refractivity contribution in [2.24, 2.45) is 5.92 Å². The van der Waals surface area contributed by atoms with Gasteiger partial charge in [-0.25, -0.2) is 23.0 Å². The maximum absolute atomic E-state index is 13.4. The van der Waals surface area contributed by atoms with E-state index in [1.165, 1.54) is 16.6 Å². The van der Waals surface area contributed by atoms with Gasteiger partial charge in [0.1, 0.15) is 6.04 Å². The predicted molar refractivity (Wildman–Crippen MR) is 151 cm³/mol. The van der Waals surface area contributed by atoms with Crippen molar-refractivity contribution in [2.75, 3.05) is 32.7 Å². The van der Waals surface area contributed by atoms with Gasteiger partial charge in [0.25, 0.3) is 10.0 Å².